The number of rotatable bonds is 11. The third-order valence-electron chi connectivity index (χ3n) is 7.27. The quantitative estimate of drug-likeness (QED) is 0.173. The number of halogens is 1. The van der Waals surface area contributed by atoms with E-state index in [0.29, 0.717) is 29.5 Å². The highest BCUT2D eigenvalue weighted by atomic mass is 35.5. The van der Waals surface area contributed by atoms with Gasteiger partial charge >= 0.3 is 6.03 Å². The van der Waals surface area contributed by atoms with Crippen molar-refractivity contribution < 1.29 is 26.4 Å². The third kappa shape index (κ3) is 10.1. The Balaban J connectivity index is 1.19. The molecule has 248 valence electrons. The Labute approximate surface area is 279 Å². The molecular formula is C32H35ClN6O6S2. The number of amides is 2. The van der Waals surface area contributed by atoms with Gasteiger partial charge in [0, 0.05) is 55.0 Å². The number of carbonyl (C=O) groups excluding carboxylic acids is 1. The second-order valence-electron chi connectivity index (χ2n) is 11.2. The topological polar surface area (TPSA) is 150 Å². The molecule has 0 bridgehead atoms. The van der Waals surface area contributed by atoms with E-state index < -0.39 is 20.0 Å². The average Bonchev–Trinajstić information content (AvgIpc) is 3.01. The van der Waals surface area contributed by atoms with Crippen LogP contribution in [-0.2, 0) is 26.6 Å². The predicted octanol–water partition coefficient (Wildman–Crippen LogP) is 5.97. The zero-order valence-electron chi connectivity index (χ0n) is 25.8. The van der Waals surface area contributed by atoms with Gasteiger partial charge in [0.1, 0.15) is 5.75 Å². The van der Waals surface area contributed by atoms with Crippen molar-refractivity contribution in [3.8, 4) is 11.6 Å². The summed E-state index contributed by atoms with van der Waals surface area (Å²) in [5.41, 5.74) is 2.80. The molecule has 4 aromatic rings. The number of benzene rings is 3. The number of nitrogens with zero attached hydrogens (tertiary/aromatic N) is 3. The first kappa shape index (κ1) is 34.0. The lowest BCUT2D eigenvalue weighted by molar-refractivity contribution is 0.199. The molecule has 0 aliphatic carbocycles. The predicted molar refractivity (Wildman–Crippen MR) is 185 cm³/mol. The molecule has 1 aliphatic rings. The summed E-state index contributed by atoms with van der Waals surface area (Å²) in [6, 6.07) is 24.0. The Morgan fingerprint density at radius 1 is 0.894 bits per heavy atom. The van der Waals surface area contributed by atoms with Gasteiger partial charge in [-0.15, -0.1) is 0 Å². The van der Waals surface area contributed by atoms with Gasteiger partial charge in [-0.05, 0) is 73.0 Å². The van der Waals surface area contributed by atoms with Gasteiger partial charge in [-0.3, -0.25) is 19.2 Å². The Hall–Kier alpha value is -4.37. The van der Waals surface area contributed by atoms with E-state index in [1.54, 1.807) is 47.5 Å². The maximum atomic E-state index is 13.7. The fourth-order valence-corrected chi connectivity index (χ4v) is 6.59. The first-order chi connectivity index (χ1) is 22.3. The second kappa shape index (κ2) is 14.6. The van der Waals surface area contributed by atoms with Gasteiger partial charge in [0.25, 0.3) is 0 Å². The number of pyridine rings is 1. The number of hydrogen-bond acceptors (Lipinski definition) is 8. The maximum Gasteiger partial charge on any atom is 0.326 e. The molecule has 1 aromatic heterocycles. The molecule has 0 spiro atoms. The van der Waals surface area contributed by atoms with E-state index in [4.69, 9.17) is 16.3 Å². The van der Waals surface area contributed by atoms with E-state index in [0.717, 1.165) is 49.7 Å². The van der Waals surface area contributed by atoms with Gasteiger partial charge in [0.2, 0.25) is 25.9 Å². The molecule has 47 heavy (non-hydrogen) atoms. The van der Waals surface area contributed by atoms with Crippen LogP contribution in [-0.4, -0.2) is 64.4 Å². The van der Waals surface area contributed by atoms with Crippen molar-refractivity contribution in [2.24, 2.45) is 0 Å². The van der Waals surface area contributed by atoms with Gasteiger partial charge in [0.05, 0.1) is 23.2 Å². The van der Waals surface area contributed by atoms with Crippen molar-refractivity contribution in [1.82, 2.24) is 9.88 Å². The Bertz CT molecular complexity index is 1900. The number of hydrogen-bond donors (Lipinski definition) is 3. The normalized spacial score (nSPS) is 14.3. The molecule has 15 heteroatoms. The van der Waals surface area contributed by atoms with Crippen LogP contribution in [0, 0.1) is 0 Å². The summed E-state index contributed by atoms with van der Waals surface area (Å²) >= 11 is 6.17. The number of para-hydroxylation sites is 1. The van der Waals surface area contributed by atoms with E-state index in [9.17, 15) is 21.6 Å². The van der Waals surface area contributed by atoms with E-state index >= 15 is 0 Å². The van der Waals surface area contributed by atoms with Gasteiger partial charge in [-0.1, -0.05) is 35.9 Å². The number of urea groups is 1. The zero-order chi connectivity index (χ0) is 33.6. The summed E-state index contributed by atoms with van der Waals surface area (Å²) in [6.07, 6.45) is 5.37. The van der Waals surface area contributed by atoms with Crippen LogP contribution in [0.2, 0.25) is 5.02 Å². The van der Waals surface area contributed by atoms with Crippen LogP contribution >= 0.6 is 11.6 Å². The molecule has 0 atom stereocenters. The van der Waals surface area contributed by atoms with Crippen LogP contribution in [0.3, 0.4) is 0 Å². The van der Waals surface area contributed by atoms with E-state index in [2.05, 4.69) is 24.6 Å². The monoisotopic (exact) mass is 698 g/mol. The Morgan fingerprint density at radius 2 is 1.55 bits per heavy atom. The summed E-state index contributed by atoms with van der Waals surface area (Å²) in [4.78, 5) is 22.2. The molecule has 1 aliphatic heterocycles. The van der Waals surface area contributed by atoms with Crippen molar-refractivity contribution in [3.63, 3.8) is 0 Å². The van der Waals surface area contributed by atoms with Crippen LogP contribution < -0.4 is 24.4 Å². The summed E-state index contributed by atoms with van der Waals surface area (Å²) in [7, 11) is -6.92. The number of ether oxygens (including phenoxy) is 1. The van der Waals surface area contributed by atoms with Crippen LogP contribution in [0.5, 0.6) is 11.6 Å². The number of piperidine rings is 1. The van der Waals surface area contributed by atoms with Gasteiger partial charge < -0.3 is 10.1 Å². The Morgan fingerprint density at radius 3 is 2.17 bits per heavy atom. The molecule has 2 heterocycles. The molecule has 3 N–H and O–H groups in total. The molecule has 0 unspecified atom stereocenters. The number of sulfonamides is 2. The smallest absolute Gasteiger partial charge is 0.326 e. The summed E-state index contributed by atoms with van der Waals surface area (Å²) in [6.45, 7) is 2.21. The lowest BCUT2D eigenvalue weighted by Gasteiger charge is -2.38. The fraction of sp³-hybridized carbons (Fsp3) is 0.250. The molecule has 0 radical (unpaired) electrons. The van der Waals surface area contributed by atoms with Crippen molar-refractivity contribution in [1.29, 1.82) is 0 Å². The fourth-order valence-electron chi connectivity index (χ4n) is 5.23. The minimum atomic E-state index is -3.56. The maximum absolute atomic E-state index is 13.7. The van der Waals surface area contributed by atoms with Crippen LogP contribution in [0.25, 0.3) is 0 Å². The molecule has 2 amide bonds. The standard InChI is InChI=1S/C32H35ClN6O6S2/c1-46(41,42)36-24-9-12-28(13-10-24)45-31-15-8-23(21-34-31)22-38-18-16-27(17-19-38)39(26-6-4-3-5-7-26)32(40)35-25-11-14-29(33)30(20-25)37-47(2,43)44/h3-15,20-21,27,36-37H,16-19,22H2,1-2H3,(H,35,40). The first-order valence-corrected chi connectivity index (χ1v) is 18.8. The number of nitrogens with one attached hydrogen (secondary N) is 3. The van der Waals surface area contributed by atoms with E-state index in [-0.39, 0.29) is 22.8 Å². The Kier molecular flexibility index (Phi) is 10.5. The lowest BCUT2D eigenvalue weighted by atomic mass is 10.0. The molecule has 0 saturated carbocycles. The minimum absolute atomic E-state index is 0.0671. The highest BCUT2D eigenvalue weighted by molar-refractivity contribution is 7.92. The number of anilines is 4. The number of likely N-dealkylation sites (tertiary alicyclic amines) is 1. The second-order valence-corrected chi connectivity index (χ2v) is 15.1. The summed E-state index contributed by atoms with van der Waals surface area (Å²) in [5.74, 6) is 0.946. The van der Waals surface area contributed by atoms with E-state index in [1.165, 1.54) is 12.1 Å². The van der Waals surface area contributed by atoms with Crippen LogP contribution in [0.1, 0.15) is 18.4 Å². The summed E-state index contributed by atoms with van der Waals surface area (Å²) in [5, 5.41) is 3.13. The SMILES string of the molecule is CS(=O)(=O)Nc1ccc(Oc2ccc(CN3CCC(N(C(=O)Nc4ccc(Cl)c(NS(C)(=O)=O)c4)c4ccccc4)CC3)cn2)cc1. The van der Waals surface area contributed by atoms with Gasteiger partial charge in [0.15, 0.2) is 0 Å². The zero-order valence-corrected chi connectivity index (χ0v) is 28.1. The minimum Gasteiger partial charge on any atom is -0.439 e. The van der Waals surface area contributed by atoms with Crippen molar-refractivity contribution in [2.45, 2.75) is 25.4 Å². The number of aromatic nitrogens is 1. The van der Waals surface area contributed by atoms with Crippen LogP contribution in [0.15, 0.2) is 91.1 Å². The molecule has 1 fully saturated rings. The van der Waals surface area contributed by atoms with Gasteiger partial charge in [-0.2, -0.15) is 0 Å². The van der Waals surface area contributed by atoms with Crippen molar-refractivity contribution >= 4 is 60.4 Å². The molecule has 12 nitrogen and oxygen atoms in total. The molecule has 3 aromatic carbocycles. The van der Waals surface area contributed by atoms with Crippen LogP contribution in [0.4, 0.5) is 27.5 Å². The highest BCUT2D eigenvalue weighted by Crippen LogP contribution is 2.29. The molecule has 1 saturated heterocycles. The van der Waals surface area contributed by atoms with Gasteiger partial charge in [-0.25, -0.2) is 26.6 Å². The lowest BCUT2D eigenvalue weighted by Crippen LogP contribution is -2.49. The summed E-state index contributed by atoms with van der Waals surface area (Å²) < 4.78 is 56.9. The third-order valence-corrected chi connectivity index (χ3v) is 8.80. The number of carbonyl (C=O) groups is 1. The van der Waals surface area contributed by atoms with Crippen molar-refractivity contribution in [2.75, 3.05) is 45.3 Å². The average molecular weight is 699 g/mol. The molecular weight excluding hydrogens is 664 g/mol. The highest BCUT2D eigenvalue weighted by Gasteiger charge is 2.29. The molecule has 5 rings (SSSR count). The first-order valence-electron chi connectivity index (χ1n) is 14.7. The van der Waals surface area contributed by atoms with E-state index in [1.807, 2.05) is 36.4 Å². The largest absolute Gasteiger partial charge is 0.439 e. The van der Waals surface area contributed by atoms with Crippen molar-refractivity contribution in [3.05, 3.63) is 102 Å².